The Labute approximate surface area is 114 Å². The molecule has 3 rings (SSSR count). The number of ether oxygens (including phenoxy) is 2. The second-order valence-electron chi connectivity index (χ2n) is 4.60. The second kappa shape index (κ2) is 5.19. The SMILES string of the molecule is COCC1CNC[C@H](n2cnc3c(=O)[nH]c(N)nc32)O1. The molecule has 1 aliphatic heterocycles. The van der Waals surface area contributed by atoms with Crippen LogP contribution < -0.4 is 16.6 Å². The van der Waals surface area contributed by atoms with Crippen molar-refractivity contribution in [2.75, 3.05) is 32.5 Å². The number of hydrogen-bond acceptors (Lipinski definition) is 7. The highest BCUT2D eigenvalue weighted by molar-refractivity contribution is 5.70. The standard InChI is InChI=1S/C11H16N6O3/c1-19-4-6-2-13-3-7(20-6)17-5-14-8-9(17)15-11(12)16-10(8)18/h5-7,13H,2-4H2,1H3,(H3,12,15,16,18)/t6?,7-/m1/s1. The molecule has 1 saturated heterocycles. The molecule has 0 aromatic carbocycles. The number of H-pyrrole nitrogens is 1. The van der Waals surface area contributed by atoms with E-state index in [1.807, 2.05) is 0 Å². The lowest BCUT2D eigenvalue weighted by Gasteiger charge is -2.31. The fourth-order valence-corrected chi connectivity index (χ4v) is 2.29. The number of nitrogens with one attached hydrogen (secondary N) is 2. The summed E-state index contributed by atoms with van der Waals surface area (Å²) in [5.41, 5.74) is 5.88. The molecule has 20 heavy (non-hydrogen) atoms. The Morgan fingerprint density at radius 1 is 1.60 bits per heavy atom. The first-order chi connectivity index (χ1) is 9.69. The number of nitrogens with zero attached hydrogens (tertiary/aromatic N) is 3. The Balaban J connectivity index is 1.96. The third-order valence-corrected chi connectivity index (χ3v) is 3.15. The predicted octanol–water partition coefficient (Wildman–Crippen LogP) is -1.16. The van der Waals surface area contributed by atoms with E-state index in [-0.39, 0.29) is 29.4 Å². The zero-order chi connectivity index (χ0) is 14.1. The number of methoxy groups -OCH3 is 1. The van der Waals surface area contributed by atoms with Crippen molar-refractivity contribution >= 4 is 17.1 Å². The highest BCUT2D eigenvalue weighted by Crippen LogP contribution is 2.19. The molecule has 0 aliphatic carbocycles. The van der Waals surface area contributed by atoms with Gasteiger partial charge in [0.1, 0.15) is 6.23 Å². The molecular formula is C11H16N6O3. The van der Waals surface area contributed by atoms with E-state index in [0.717, 1.165) is 0 Å². The minimum atomic E-state index is -0.358. The fourth-order valence-electron chi connectivity index (χ4n) is 2.29. The molecule has 108 valence electrons. The van der Waals surface area contributed by atoms with Gasteiger partial charge >= 0.3 is 0 Å². The molecule has 0 radical (unpaired) electrons. The number of rotatable bonds is 3. The maximum atomic E-state index is 11.7. The number of nitrogen functional groups attached to an aromatic ring is 1. The van der Waals surface area contributed by atoms with Crippen molar-refractivity contribution in [3.8, 4) is 0 Å². The highest BCUT2D eigenvalue weighted by atomic mass is 16.5. The normalized spacial score (nSPS) is 23.2. The monoisotopic (exact) mass is 280 g/mol. The van der Waals surface area contributed by atoms with Crippen LogP contribution >= 0.6 is 0 Å². The zero-order valence-electron chi connectivity index (χ0n) is 11.0. The lowest BCUT2D eigenvalue weighted by Crippen LogP contribution is -2.44. The van der Waals surface area contributed by atoms with Gasteiger partial charge in [0.25, 0.3) is 5.56 Å². The van der Waals surface area contributed by atoms with Crippen LogP contribution in [0.5, 0.6) is 0 Å². The van der Waals surface area contributed by atoms with Crippen LogP contribution in [0.15, 0.2) is 11.1 Å². The van der Waals surface area contributed by atoms with Crippen molar-refractivity contribution in [1.82, 2.24) is 24.8 Å². The second-order valence-corrected chi connectivity index (χ2v) is 4.60. The third kappa shape index (κ3) is 2.26. The molecule has 0 bridgehead atoms. The highest BCUT2D eigenvalue weighted by Gasteiger charge is 2.25. The zero-order valence-corrected chi connectivity index (χ0v) is 11.0. The number of imidazole rings is 1. The number of aromatic nitrogens is 4. The van der Waals surface area contributed by atoms with Gasteiger partial charge in [0.2, 0.25) is 5.95 Å². The quantitative estimate of drug-likeness (QED) is 0.648. The van der Waals surface area contributed by atoms with E-state index in [1.54, 1.807) is 11.7 Å². The molecule has 2 aromatic heterocycles. The molecule has 0 saturated carbocycles. The molecule has 4 N–H and O–H groups in total. The lowest BCUT2D eigenvalue weighted by molar-refractivity contribution is -0.0990. The number of fused-ring (bicyclic) bond motifs is 1. The molecule has 1 fully saturated rings. The summed E-state index contributed by atoms with van der Waals surface area (Å²) in [7, 11) is 1.63. The van der Waals surface area contributed by atoms with Crippen LogP contribution in [0, 0.1) is 0 Å². The van der Waals surface area contributed by atoms with E-state index in [9.17, 15) is 4.79 Å². The molecule has 2 aromatic rings. The minimum absolute atomic E-state index is 0.0569. The molecule has 1 unspecified atom stereocenters. The van der Waals surface area contributed by atoms with Gasteiger partial charge < -0.3 is 20.5 Å². The van der Waals surface area contributed by atoms with Crippen LogP contribution in [0.25, 0.3) is 11.2 Å². The Hall–Kier alpha value is -1.97. The average molecular weight is 280 g/mol. The summed E-state index contributed by atoms with van der Waals surface area (Å²) in [4.78, 5) is 22.3. The molecule has 9 nitrogen and oxygen atoms in total. The minimum Gasteiger partial charge on any atom is -0.382 e. The predicted molar refractivity (Wildman–Crippen MR) is 71.2 cm³/mol. The Morgan fingerprint density at radius 2 is 2.45 bits per heavy atom. The first kappa shape index (κ1) is 13.0. The van der Waals surface area contributed by atoms with Crippen LogP contribution in [0.3, 0.4) is 0 Å². The maximum absolute atomic E-state index is 11.7. The summed E-state index contributed by atoms with van der Waals surface area (Å²) in [6, 6.07) is 0. The Morgan fingerprint density at radius 3 is 3.25 bits per heavy atom. The van der Waals surface area contributed by atoms with E-state index in [2.05, 4.69) is 20.3 Å². The summed E-state index contributed by atoms with van der Waals surface area (Å²) in [5, 5.41) is 3.25. The van der Waals surface area contributed by atoms with E-state index in [4.69, 9.17) is 15.2 Å². The van der Waals surface area contributed by atoms with Gasteiger partial charge in [-0.05, 0) is 0 Å². The topological polar surface area (TPSA) is 120 Å². The van der Waals surface area contributed by atoms with Crippen molar-refractivity contribution < 1.29 is 9.47 Å². The van der Waals surface area contributed by atoms with Gasteiger partial charge in [0, 0.05) is 20.2 Å². The number of hydrogen-bond donors (Lipinski definition) is 3. The molecule has 9 heteroatoms. The smallest absolute Gasteiger partial charge is 0.280 e. The number of aromatic amines is 1. The molecule has 2 atom stereocenters. The van der Waals surface area contributed by atoms with Crippen LogP contribution in [-0.2, 0) is 9.47 Å². The molecular weight excluding hydrogens is 264 g/mol. The first-order valence-corrected chi connectivity index (χ1v) is 6.26. The van der Waals surface area contributed by atoms with Gasteiger partial charge in [-0.2, -0.15) is 4.98 Å². The van der Waals surface area contributed by atoms with Crippen LogP contribution in [0.4, 0.5) is 5.95 Å². The van der Waals surface area contributed by atoms with Gasteiger partial charge in [-0.15, -0.1) is 0 Å². The lowest BCUT2D eigenvalue weighted by atomic mass is 10.3. The van der Waals surface area contributed by atoms with Crippen molar-refractivity contribution in [2.24, 2.45) is 0 Å². The average Bonchev–Trinajstić information content (AvgIpc) is 2.83. The van der Waals surface area contributed by atoms with Crippen LogP contribution in [0.2, 0.25) is 0 Å². The summed E-state index contributed by atoms with van der Waals surface area (Å²) in [6.45, 7) is 1.81. The molecule has 1 aliphatic rings. The van der Waals surface area contributed by atoms with Crippen molar-refractivity contribution in [1.29, 1.82) is 0 Å². The van der Waals surface area contributed by atoms with Crippen molar-refractivity contribution in [2.45, 2.75) is 12.3 Å². The molecule has 0 amide bonds. The van der Waals surface area contributed by atoms with Gasteiger partial charge in [-0.25, -0.2) is 4.98 Å². The van der Waals surface area contributed by atoms with E-state index in [1.165, 1.54) is 6.33 Å². The van der Waals surface area contributed by atoms with Crippen LogP contribution in [-0.4, -0.2) is 52.4 Å². The first-order valence-electron chi connectivity index (χ1n) is 6.26. The largest absolute Gasteiger partial charge is 0.382 e. The maximum Gasteiger partial charge on any atom is 0.280 e. The van der Waals surface area contributed by atoms with Crippen LogP contribution in [0.1, 0.15) is 6.23 Å². The molecule has 3 heterocycles. The van der Waals surface area contributed by atoms with Gasteiger partial charge in [0.05, 0.1) is 19.0 Å². The summed E-state index contributed by atoms with van der Waals surface area (Å²) in [6.07, 6.45) is 1.17. The van der Waals surface area contributed by atoms with E-state index < -0.39 is 0 Å². The number of nitrogens with two attached hydrogens (primary N) is 1. The van der Waals surface area contributed by atoms with Gasteiger partial charge in [-0.1, -0.05) is 0 Å². The van der Waals surface area contributed by atoms with E-state index in [0.29, 0.717) is 25.3 Å². The summed E-state index contributed by atoms with van der Waals surface area (Å²) < 4.78 is 12.7. The van der Waals surface area contributed by atoms with Crippen molar-refractivity contribution in [3.63, 3.8) is 0 Å². The molecule has 0 spiro atoms. The Bertz CT molecular complexity index is 664. The van der Waals surface area contributed by atoms with Gasteiger partial charge in [-0.3, -0.25) is 14.3 Å². The fraction of sp³-hybridized carbons (Fsp3) is 0.545. The number of anilines is 1. The van der Waals surface area contributed by atoms with Gasteiger partial charge in [0.15, 0.2) is 11.2 Å². The summed E-state index contributed by atoms with van der Waals surface area (Å²) in [5.74, 6) is 0.0569. The van der Waals surface area contributed by atoms with E-state index >= 15 is 0 Å². The third-order valence-electron chi connectivity index (χ3n) is 3.15. The summed E-state index contributed by atoms with van der Waals surface area (Å²) >= 11 is 0. The Kier molecular flexibility index (Phi) is 3.38. The van der Waals surface area contributed by atoms with Crippen molar-refractivity contribution in [3.05, 3.63) is 16.7 Å². The number of morpholine rings is 1.